The summed E-state index contributed by atoms with van der Waals surface area (Å²) in [6.45, 7) is 1.82. The van der Waals surface area contributed by atoms with Gasteiger partial charge in [-0.2, -0.15) is 8.42 Å². The fourth-order valence-corrected chi connectivity index (χ4v) is 2.83. The lowest BCUT2D eigenvalue weighted by atomic mass is 10.2. The van der Waals surface area contributed by atoms with Gasteiger partial charge < -0.3 is 9.53 Å². The molecule has 1 aromatic carbocycles. The number of aryl methyl sites for hydroxylation is 1. The molecule has 0 saturated carbocycles. The third-order valence-corrected chi connectivity index (χ3v) is 4.31. The maximum absolute atomic E-state index is 11.9. The van der Waals surface area contributed by atoms with E-state index in [0.717, 1.165) is 11.8 Å². The van der Waals surface area contributed by atoms with Gasteiger partial charge in [0.25, 0.3) is 10.1 Å². The maximum atomic E-state index is 11.9. The second-order valence-electron chi connectivity index (χ2n) is 4.56. The van der Waals surface area contributed by atoms with Crippen molar-refractivity contribution in [3.05, 3.63) is 29.8 Å². The molecule has 1 aromatic rings. The van der Waals surface area contributed by atoms with Crippen LogP contribution in [-0.4, -0.2) is 33.5 Å². The molecule has 1 aliphatic heterocycles. The summed E-state index contributed by atoms with van der Waals surface area (Å²) in [5.41, 5.74) is 0.979. The smallest absolute Gasteiger partial charge is 0.297 e. The van der Waals surface area contributed by atoms with Crippen LogP contribution in [0.1, 0.15) is 18.4 Å². The normalized spacial score (nSPS) is 23.4. The number of hydrogen-bond donors (Lipinski definition) is 0. The standard InChI is InChI=1S/C13H16O5S/c1-10-2-6-13(7-3-10)19(15,16)17-9-12-5-4-11(8-14)18-12/h2-3,6-8,11-12H,4-5,9H2,1H3. The lowest BCUT2D eigenvalue weighted by molar-refractivity contribution is -0.117. The summed E-state index contributed by atoms with van der Waals surface area (Å²) in [6.07, 6.45) is 1.20. The van der Waals surface area contributed by atoms with Gasteiger partial charge in [-0.15, -0.1) is 0 Å². The number of hydrogen-bond acceptors (Lipinski definition) is 5. The summed E-state index contributed by atoms with van der Waals surface area (Å²) in [7, 11) is -3.76. The fraction of sp³-hybridized carbons (Fsp3) is 0.462. The molecule has 5 nitrogen and oxygen atoms in total. The number of rotatable bonds is 5. The zero-order valence-electron chi connectivity index (χ0n) is 10.6. The van der Waals surface area contributed by atoms with Crippen LogP contribution >= 0.6 is 0 Å². The molecule has 0 N–H and O–H groups in total. The first-order valence-electron chi connectivity index (χ1n) is 6.08. The average Bonchev–Trinajstić information content (AvgIpc) is 2.85. The largest absolute Gasteiger partial charge is 0.365 e. The minimum absolute atomic E-state index is 0.0550. The Bertz CT molecular complexity index is 535. The Morgan fingerprint density at radius 3 is 2.58 bits per heavy atom. The Balaban J connectivity index is 1.95. The molecular weight excluding hydrogens is 268 g/mol. The first-order valence-corrected chi connectivity index (χ1v) is 7.49. The molecule has 0 spiro atoms. The van der Waals surface area contributed by atoms with Crippen molar-refractivity contribution >= 4 is 16.4 Å². The van der Waals surface area contributed by atoms with E-state index >= 15 is 0 Å². The van der Waals surface area contributed by atoms with E-state index in [4.69, 9.17) is 8.92 Å². The molecular formula is C13H16O5S. The first-order chi connectivity index (χ1) is 9.01. The van der Waals surface area contributed by atoms with Crippen molar-refractivity contribution in [1.29, 1.82) is 0 Å². The van der Waals surface area contributed by atoms with Crippen LogP contribution in [0.2, 0.25) is 0 Å². The highest BCUT2D eigenvalue weighted by Crippen LogP contribution is 2.20. The molecule has 2 rings (SSSR count). The van der Waals surface area contributed by atoms with Gasteiger partial charge in [-0.3, -0.25) is 4.18 Å². The van der Waals surface area contributed by atoms with E-state index in [1.165, 1.54) is 12.1 Å². The second kappa shape index (κ2) is 5.81. The minimum atomic E-state index is -3.76. The lowest BCUT2D eigenvalue weighted by Crippen LogP contribution is -2.20. The van der Waals surface area contributed by atoms with E-state index in [-0.39, 0.29) is 17.6 Å². The molecule has 1 saturated heterocycles. The van der Waals surface area contributed by atoms with Gasteiger partial charge in [0.05, 0.1) is 17.6 Å². The third-order valence-electron chi connectivity index (χ3n) is 3.01. The Morgan fingerprint density at radius 2 is 2.00 bits per heavy atom. The Morgan fingerprint density at radius 1 is 1.32 bits per heavy atom. The molecule has 0 aromatic heterocycles. The van der Waals surface area contributed by atoms with Crippen molar-refractivity contribution in [2.75, 3.05) is 6.61 Å². The van der Waals surface area contributed by atoms with Crippen molar-refractivity contribution < 1.29 is 22.1 Å². The highest BCUT2D eigenvalue weighted by atomic mass is 32.2. The number of benzene rings is 1. The fourth-order valence-electron chi connectivity index (χ4n) is 1.89. The molecule has 1 fully saturated rings. The lowest BCUT2D eigenvalue weighted by Gasteiger charge is -2.11. The van der Waals surface area contributed by atoms with Gasteiger partial charge in [-0.25, -0.2) is 0 Å². The number of carbonyl (C=O) groups is 1. The molecule has 0 radical (unpaired) electrons. The Kier molecular flexibility index (Phi) is 4.34. The molecule has 0 bridgehead atoms. The zero-order chi connectivity index (χ0) is 13.9. The van der Waals surface area contributed by atoms with Crippen LogP contribution in [0.25, 0.3) is 0 Å². The Hall–Kier alpha value is -1.24. The van der Waals surface area contributed by atoms with Crippen molar-refractivity contribution in [2.24, 2.45) is 0 Å². The van der Waals surface area contributed by atoms with Gasteiger partial charge in [0.1, 0.15) is 12.4 Å². The molecule has 2 atom stereocenters. The SMILES string of the molecule is Cc1ccc(S(=O)(=O)OCC2CCC(C=O)O2)cc1. The van der Waals surface area contributed by atoms with E-state index in [1.54, 1.807) is 12.1 Å². The van der Waals surface area contributed by atoms with Crippen LogP contribution in [0, 0.1) is 6.92 Å². The monoisotopic (exact) mass is 284 g/mol. The molecule has 2 unspecified atom stereocenters. The number of carbonyl (C=O) groups excluding carboxylic acids is 1. The first kappa shape index (κ1) is 14.2. The van der Waals surface area contributed by atoms with Gasteiger partial charge in [-0.1, -0.05) is 17.7 Å². The van der Waals surface area contributed by atoms with Crippen LogP contribution in [-0.2, 0) is 23.8 Å². The van der Waals surface area contributed by atoms with Crippen LogP contribution in [0.5, 0.6) is 0 Å². The highest BCUT2D eigenvalue weighted by Gasteiger charge is 2.27. The van der Waals surface area contributed by atoms with Gasteiger partial charge in [0.15, 0.2) is 0 Å². The summed E-state index contributed by atoms with van der Waals surface area (Å²) >= 11 is 0. The molecule has 19 heavy (non-hydrogen) atoms. The van der Waals surface area contributed by atoms with Crippen LogP contribution in [0.15, 0.2) is 29.2 Å². The van der Waals surface area contributed by atoms with Crippen molar-refractivity contribution in [2.45, 2.75) is 36.9 Å². The van der Waals surface area contributed by atoms with E-state index in [2.05, 4.69) is 0 Å². The quantitative estimate of drug-likeness (QED) is 0.604. The van der Waals surface area contributed by atoms with Gasteiger partial charge in [0, 0.05) is 0 Å². The van der Waals surface area contributed by atoms with Crippen molar-refractivity contribution in [3.63, 3.8) is 0 Å². The summed E-state index contributed by atoms with van der Waals surface area (Å²) in [5.74, 6) is 0. The third kappa shape index (κ3) is 3.62. The van der Waals surface area contributed by atoms with Gasteiger partial charge in [-0.05, 0) is 31.9 Å². The Labute approximate surface area is 112 Å². The van der Waals surface area contributed by atoms with Crippen LogP contribution < -0.4 is 0 Å². The second-order valence-corrected chi connectivity index (χ2v) is 6.18. The minimum Gasteiger partial charge on any atom is -0.365 e. The van der Waals surface area contributed by atoms with Crippen LogP contribution in [0.4, 0.5) is 0 Å². The summed E-state index contributed by atoms with van der Waals surface area (Å²) < 4.78 is 34.1. The molecule has 1 aliphatic rings. The molecule has 6 heteroatoms. The topological polar surface area (TPSA) is 69.7 Å². The van der Waals surface area contributed by atoms with Crippen LogP contribution in [0.3, 0.4) is 0 Å². The average molecular weight is 284 g/mol. The molecule has 0 amide bonds. The number of aldehydes is 1. The highest BCUT2D eigenvalue weighted by molar-refractivity contribution is 7.86. The van der Waals surface area contributed by atoms with E-state index in [9.17, 15) is 13.2 Å². The summed E-state index contributed by atoms with van der Waals surface area (Å²) in [5, 5.41) is 0. The van der Waals surface area contributed by atoms with E-state index in [1.807, 2.05) is 6.92 Å². The van der Waals surface area contributed by atoms with Gasteiger partial charge in [0.2, 0.25) is 0 Å². The predicted octanol–water partition coefficient (Wildman–Crippen LogP) is 1.45. The van der Waals surface area contributed by atoms with Crippen molar-refractivity contribution in [3.8, 4) is 0 Å². The summed E-state index contributed by atoms with van der Waals surface area (Å²) in [4.78, 5) is 10.7. The summed E-state index contributed by atoms with van der Waals surface area (Å²) in [6, 6.07) is 6.44. The zero-order valence-corrected chi connectivity index (χ0v) is 11.4. The predicted molar refractivity (Wildman–Crippen MR) is 68.3 cm³/mol. The van der Waals surface area contributed by atoms with E-state index < -0.39 is 16.2 Å². The van der Waals surface area contributed by atoms with Crippen molar-refractivity contribution in [1.82, 2.24) is 0 Å². The molecule has 104 valence electrons. The van der Waals surface area contributed by atoms with Gasteiger partial charge >= 0.3 is 0 Å². The molecule has 1 heterocycles. The molecule has 0 aliphatic carbocycles. The maximum Gasteiger partial charge on any atom is 0.297 e. The number of ether oxygens (including phenoxy) is 1. The van der Waals surface area contributed by atoms with E-state index in [0.29, 0.717) is 12.8 Å².